The van der Waals surface area contributed by atoms with E-state index >= 15 is 0 Å². The molecule has 1 fully saturated rings. The molecule has 28 heavy (non-hydrogen) atoms. The van der Waals surface area contributed by atoms with Crippen LogP contribution in [0.15, 0.2) is 17.1 Å². The molecule has 2 aromatic rings. The summed E-state index contributed by atoms with van der Waals surface area (Å²) in [6.07, 6.45) is -0.723. The Morgan fingerprint density at radius 3 is 2.68 bits per heavy atom. The third-order valence-corrected chi connectivity index (χ3v) is 5.30. The van der Waals surface area contributed by atoms with Gasteiger partial charge in [0.15, 0.2) is 12.3 Å². The molecule has 0 unspecified atom stereocenters. The van der Waals surface area contributed by atoms with Crippen molar-refractivity contribution in [2.24, 2.45) is 0 Å². The van der Waals surface area contributed by atoms with E-state index in [9.17, 15) is 22.8 Å². The molecule has 1 saturated heterocycles. The number of hydrogen-bond acceptors (Lipinski definition) is 4. The van der Waals surface area contributed by atoms with Gasteiger partial charge in [-0.1, -0.05) is 11.6 Å². The number of amides is 1. The van der Waals surface area contributed by atoms with Gasteiger partial charge in [0.2, 0.25) is 5.91 Å². The number of pyridine rings is 1. The molecule has 3 atom stereocenters. The Balaban J connectivity index is 1.63. The first kappa shape index (κ1) is 19.0. The maximum absolute atomic E-state index is 14.0. The fourth-order valence-corrected chi connectivity index (χ4v) is 3.83. The van der Waals surface area contributed by atoms with Gasteiger partial charge < -0.3 is 4.90 Å². The van der Waals surface area contributed by atoms with Crippen LogP contribution in [-0.2, 0) is 17.8 Å². The van der Waals surface area contributed by atoms with E-state index in [1.165, 1.54) is 10.8 Å². The zero-order chi connectivity index (χ0) is 20.0. The van der Waals surface area contributed by atoms with Gasteiger partial charge in [-0.2, -0.15) is 5.10 Å². The fraction of sp³-hybridized carbons (Fsp3) is 0.529. The lowest BCUT2D eigenvalue weighted by atomic mass is 10.0. The second kappa shape index (κ2) is 7.23. The largest absolute Gasteiger partial charge is 0.347 e. The Morgan fingerprint density at radius 1 is 1.29 bits per heavy atom. The van der Waals surface area contributed by atoms with Crippen LogP contribution in [0.4, 0.5) is 13.2 Å². The van der Waals surface area contributed by atoms with Crippen molar-refractivity contribution in [3.63, 3.8) is 0 Å². The lowest BCUT2D eigenvalue weighted by molar-refractivity contribution is -0.134. The number of hydrogen-bond donors (Lipinski definition) is 0. The topological polar surface area (TPSA) is 73.0 Å². The molecule has 2 aromatic heterocycles. The van der Waals surface area contributed by atoms with E-state index in [0.29, 0.717) is 25.1 Å². The Labute approximate surface area is 162 Å². The maximum atomic E-state index is 14.0. The molecule has 150 valence electrons. The zero-order valence-electron chi connectivity index (χ0n) is 14.7. The molecule has 0 spiro atoms. The minimum Gasteiger partial charge on any atom is -0.335 e. The first-order chi connectivity index (χ1) is 13.3. The summed E-state index contributed by atoms with van der Waals surface area (Å²) in [5, 5.41) is 4.34. The van der Waals surface area contributed by atoms with Crippen molar-refractivity contribution in [2.75, 3.05) is 13.1 Å². The van der Waals surface area contributed by atoms with Gasteiger partial charge in [-0.05, 0) is 18.9 Å². The highest BCUT2D eigenvalue weighted by molar-refractivity contribution is 6.30. The van der Waals surface area contributed by atoms with E-state index in [0.717, 1.165) is 15.6 Å². The molecule has 11 heteroatoms. The van der Waals surface area contributed by atoms with Crippen molar-refractivity contribution in [3.05, 3.63) is 45.1 Å². The summed E-state index contributed by atoms with van der Waals surface area (Å²) in [6.45, 7) is -0.866. The summed E-state index contributed by atoms with van der Waals surface area (Å²) >= 11 is 5.68. The number of halogens is 4. The van der Waals surface area contributed by atoms with Crippen LogP contribution in [0.3, 0.4) is 0 Å². The Hall–Kier alpha value is -2.36. The summed E-state index contributed by atoms with van der Waals surface area (Å²) in [4.78, 5) is 30.6. The second-order valence-electron chi connectivity index (χ2n) is 6.99. The van der Waals surface area contributed by atoms with Crippen LogP contribution in [0.5, 0.6) is 0 Å². The number of fused-ring (bicyclic) bond motifs is 1. The average molecular weight is 416 g/mol. The smallest absolute Gasteiger partial charge is 0.335 e. The van der Waals surface area contributed by atoms with Crippen molar-refractivity contribution in [1.82, 2.24) is 24.2 Å². The molecule has 0 aliphatic carbocycles. The molecule has 4 rings (SSSR count). The molecule has 2 aliphatic rings. The van der Waals surface area contributed by atoms with Crippen molar-refractivity contribution in [1.29, 1.82) is 0 Å². The molecule has 0 saturated carbocycles. The van der Waals surface area contributed by atoms with Crippen LogP contribution >= 0.6 is 11.6 Å². The van der Waals surface area contributed by atoms with Gasteiger partial charge >= 0.3 is 5.69 Å². The van der Waals surface area contributed by atoms with E-state index in [1.54, 1.807) is 0 Å². The lowest BCUT2D eigenvalue weighted by Gasteiger charge is -2.26. The summed E-state index contributed by atoms with van der Waals surface area (Å²) < 4.78 is 43.2. The third-order valence-electron chi connectivity index (χ3n) is 5.09. The van der Waals surface area contributed by atoms with Crippen molar-refractivity contribution in [2.45, 2.75) is 44.2 Å². The first-order valence-electron chi connectivity index (χ1n) is 8.90. The number of nitrogens with zero attached hydrogens (tertiary/aromatic N) is 5. The summed E-state index contributed by atoms with van der Waals surface area (Å²) in [5.41, 5.74) is -0.595. The molecular weight excluding hydrogens is 399 g/mol. The highest BCUT2D eigenvalue weighted by Gasteiger charge is 2.40. The monoisotopic (exact) mass is 415 g/mol. The van der Waals surface area contributed by atoms with Gasteiger partial charge in [-0.3, -0.25) is 14.3 Å². The van der Waals surface area contributed by atoms with E-state index in [1.807, 2.05) is 0 Å². The normalized spacial score (nSPS) is 24.4. The SMILES string of the molecule is O=C([C@@H]1CCCc2nn(Cc3ncc(Cl)cc3F)c(=O)n21)N1C[C@@H](F)[C@@H](F)C1. The molecular formula is C17H17ClF3N5O2. The van der Waals surface area contributed by atoms with Crippen molar-refractivity contribution >= 4 is 17.5 Å². The van der Waals surface area contributed by atoms with Gasteiger partial charge in [-0.15, -0.1) is 0 Å². The van der Waals surface area contributed by atoms with E-state index in [4.69, 9.17) is 11.6 Å². The number of carbonyl (C=O) groups excluding carboxylic acids is 1. The molecule has 4 heterocycles. The average Bonchev–Trinajstić information content (AvgIpc) is 3.16. The molecule has 7 nitrogen and oxygen atoms in total. The zero-order valence-corrected chi connectivity index (χ0v) is 15.4. The van der Waals surface area contributed by atoms with Crippen molar-refractivity contribution in [3.8, 4) is 0 Å². The first-order valence-corrected chi connectivity index (χ1v) is 9.28. The van der Waals surface area contributed by atoms with E-state index < -0.39 is 35.8 Å². The quantitative estimate of drug-likeness (QED) is 0.764. The van der Waals surface area contributed by atoms with E-state index in [2.05, 4.69) is 10.1 Å². The van der Waals surface area contributed by atoms with Crippen molar-refractivity contribution < 1.29 is 18.0 Å². The minimum atomic E-state index is -1.72. The molecule has 2 aliphatic heterocycles. The predicted molar refractivity (Wildman–Crippen MR) is 93.1 cm³/mol. The molecule has 0 N–H and O–H groups in total. The molecule has 1 amide bonds. The Morgan fingerprint density at radius 2 is 2.00 bits per heavy atom. The van der Waals surface area contributed by atoms with Gasteiger partial charge in [0.25, 0.3) is 0 Å². The van der Waals surface area contributed by atoms with Crippen LogP contribution in [0, 0.1) is 5.82 Å². The summed E-state index contributed by atoms with van der Waals surface area (Å²) in [5.74, 6) is -0.781. The highest BCUT2D eigenvalue weighted by atomic mass is 35.5. The van der Waals surface area contributed by atoms with Crippen LogP contribution in [0.25, 0.3) is 0 Å². The Bertz CT molecular complexity index is 968. The fourth-order valence-electron chi connectivity index (χ4n) is 3.68. The molecule has 0 radical (unpaired) electrons. The molecule has 0 bridgehead atoms. The lowest BCUT2D eigenvalue weighted by Crippen LogP contribution is -2.42. The number of aryl methyl sites for hydroxylation is 1. The maximum Gasteiger partial charge on any atom is 0.347 e. The number of carbonyl (C=O) groups is 1. The van der Waals surface area contributed by atoms with Crippen LogP contribution in [-0.4, -0.2) is 55.6 Å². The minimum absolute atomic E-state index is 0.00934. The number of aromatic nitrogens is 4. The Kier molecular flexibility index (Phi) is 4.90. The van der Waals surface area contributed by atoms with Crippen LogP contribution < -0.4 is 5.69 Å². The van der Waals surface area contributed by atoms with Gasteiger partial charge in [0.1, 0.15) is 17.7 Å². The predicted octanol–water partition coefficient (Wildman–Crippen LogP) is 1.68. The van der Waals surface area contributed by atoms with Crippen LogP contribution in [0.1, 0.15) is 30.4 Å². The summed E-state index contributed by atoms with van der Waals surface area (Å²) in [6, 6.07) is 0.219. The van der Waals surface area contributed by atoms with Gasteiger partial charge in [-0.25, -0.2) is 22.6 Å². The van der Waals surface area contributed by atoms with Crippen LogP contribution in [0.2, 0.25) is 5.02 Å². The summed E-state index contributed by atoms with van der Waals surface area (Å²) in [7, 11) is 0. The molecule has 0 aromatic carbocycles. The third kappa shape index (κ3) is 3.30. The highest BCUT2D eigenvalue weighted by Crippen LogP contribution is 2.27. The van der Waals surface area contributed by atoms with Gasteiger partial charge in [0, 0.05) is 12.6 Å². The number of rotatable bonds is 3. The standard InChI is InChI=1S/C17H17ClF3N5O2/c18-9-4-10(19)13(22-5-9)8-25-17(28)26-14(2-1-3-15(26)23-25)16(27)24-6-11(20)12(21)7-24/h4-5,11-12,14H,1-3,6-8H2/t11-,12+,14-/m0/s1. The van der Waals surface area contributed by atoms with Gasteiger partial charge in [0.05, 0.1) is 30.4 Å². The number of alkyl halides is 2. The second-order valence-corrected chi connectivity index (χ2v) is 7.43. The van der Waals surface area contributed by atoms with E-state index in [-0.39, 0.29) is 30.4 Å². The number of likely N-dealkylation sites (tertiary alicyclic amines) is 1.